The third-order valence-electron chi connectivity index (χ3n) is 4.67. The second-order valence-electron chi connectivity index (χ2n) is 6.29. The maximum absolute atomic E-state index is 13.3. The summed E-state index contributed by atoms with van der Waals surface area (Å²) in [4.78, 5) is 29.3. The van der Waals surface area contributed by atoms with Crippen LogP contribution in [-0.4, -0.2) is 40.0 Å². The summed E-state index contributed by atoms with van der Waals surface area (Å²) in [7, 11) is 0. The second-order valence-corrected chi connectivity index (χ2v) is 6.29. The van der Waals surface area contributed by atoms with Crippen LogP contribution in [-0.2, 0) is 0 Å². The molecule has 2 heterocycles. The van der Waals surface area contributed by atoms with E-state index in [-0.39, 0.29) is 11.8 Å². The van der Waals surface area contributed by atoms with E-state index in [1.807, 2.05) is 12.1 Å². The summed E-state index contributed by atoms with van der Waals surface area (Å²) in [6, 6.07) is 8.53. The highest BCUT2D eigenvalue weighted by molar-refractivity contribution is 5.94. The van der Waals surface area contributed by atoms with Gasteiger partial charge in [0.1, 0.15) is 0 Å². The van der Waals surface area contributed by atoms with E-state index in [1.165, 1.54) is 12.3 Å². The Balaban J connectivity index is 1.71. The molecule has 0 saturated carbocycles. The third-order valence-corrected chi connectivity index (χ3v) is 4.67. The molecule has 0 aliphatic carbocycles. The van der Waals surface area contributed by atoms with E-state index >= 15 is 0 Å². The third kappa shape index (κ3) is 3.52. The first-order valence-corrected chi connectivity index (χ1v) is 8.21. The maximum atomic E-state index is 13.3. The molecule has 1 aliphatic rings. The predicted molar refractivity (Wildman–Crippen MR) is 90.2 cm³/mol. The average molecular weight is 342 g/mol. The van der Waals surface area contributed by atoms with Crippen molar-refractivity contribution in [3.05, 3.63) is 64.7 Å². The van der Waals surface area contributed by atoms with Crippen molar-refractivity contribution in [1.29, 1.82) is 0 Å². The van der Waals surface area contributed by atoms with Crippen LogP contribution in [0.4, 0.5) is 4.39 Å². The van der Waals surface area contributed by atoms with Crippen molar-refractivity contribution < 1.29 is 19.1 Å². The molecule has 0 atom stereocenters. The zero-order valence-electron chi connectivity index (χ0n) is 13.9. The number of aromatic carboxylic acids is 1. The minimum absolute atomic E-state index is 0.115. The number of aromatic nitrogens is 1. The van der Waals surface area contributed by atoms with Gasteiger partial charge in [0, 0.05) is 24.8 Å². The van der Waals surface area contributed by atoms with E-state index in [2.05, 4.69) is 4.98 Å². The molecule has 1 fully saturated rings. The first-order chi connectivity index (χ1) is 12.0. The molecule has 0 bridgehead atoms. The van der Waals surface area contributed by atoms with Crippen LogP contribution in [0.1, 0.15) is 50.6 Å². The summed E-state index contributed by atoms with van der Waals surface area (Å²) in [5, 5.41) is 9.33. The number of nitrogens with zero attached hydrogens (tertiary/aromatic N) is 2. The van der Waals surface area contributed by atoms with E-state index in [0.717, 1.165) is 5.56 Å². The number of likely N-dealkylation sites (tertiary alicyclic amines) is 1. The first kappa shape index (κ1) is 17.1. The largest absolute Gasteiger partial charge is 0.478 e. The van der Waals surface area contributed by atoms with E-state index in [1.54, 1.807) is 24.0 Å². The Bertz CT molecular complexity index is 814. The highest BCUT2D eigenvalue weighted by atomic mass is 19.1. The minimum atomic E-state index is -0.929. The van der Waals surface area contributed by atoms with Gasteiger partial charge in [-0.1, -0.05) is 18.2 Å². The lowest BCUT2D eigenvalue weighted by Gasteiger charge is -2.32. The zero-order chi connectivity index (χ0) is 18.0. The van der Waals surface area contributed by atoms with Crippen LogP contribution < -0.4 is 0 Å². The molecule has 1 aromatic carbocycles. The number of halogens is 1. The van der Waals surface area contributed by atoms with Crippen molar-refractivity contribution in [2.75, 3.05) is 13.1 Å². The van der Waals surface area contributed by atoms with Crippen molar-refractivity contribution in [2.24, 2.45) is 0 Å². The van der Waals surface area contributed by atoms with Gasteiger partial charge in [-0.2, -0.15) is 4.39 Å². The minimum Gasteiger partial charge on any atom is -0.478 e. The summed E-state index contributed by atoms with van der Waals surface area (Å²) >= 11 is 0. The lowest BCUT2D eigenvalue weighted by Crippen LogP contribution is -2.38. The molecule has 6 heteroatoms. The monoisotopic (exact) mass is 342 g/mol. The first-order valence-electron chi connectivity index (χ1n) is 8.21. The Morgan fingerprint density at radius 3 is 2.56 bits per heavy atom. The summed E-state index contributed by atoms with van der Waals surface area (Å²) < 4.78 is 13.3. The molecule has 0 spiro atoms. The standard InChI is InChI=1S/C19H19FN2O3/c1-12-10-14(11-21-17(12)20)18(23)22-8-6-13(7-9-22)15-4-2-3-5-16(15)19(24)25/h2-5,10-11,13H,6-9H2,1H3,(H,24,25). The van der Waals surface area contributed by atoms with Crippen LogP contribution >= 0.6 is 0 Å². The van der Waals surface area contributed by atoms with Crippen LogP contribution in [0.5, 0.6) is 0 Å². The van der Waals surface area contributed by atoms with Crippen LogP contribution in [0.25, 0.3) is 0 Å². The number of hydrogen-bond donors (Lipinski definition) is 1. The number of carboxylic acid groups (broad SMARTS) is 1. The average Bonchev–Trinajstić information content (AvgIpc) is 2.63. The molecule has 1 saturated heterocycles. The van der Waals surface area contributed by atoms with Gasteiger partial charge < -0.3 is 10.0 Å². The summed E-state index contributed by atoms with van der Waals surface area (Å²) in [5.41, 5.74) is 1.87. The molecule has 130 valence electrons. The lowest BCUT2D eigenvalue weighted by atomic mass is 9.86. The van der Waals surface area contributed by atoms with Crippen LogP contribution in [0.15, 0.2) is 36.5 Å². The number of carbonyl (C=O) groups excluding carboxylic acids is 1. The van der Waals surface area contributed by atoms with Gasteiger partial charge in [0.2, 0.25) is 5.95 Å². The van der Waals surface area contributed by atoms with Gasteiger partial charge in [-0.05, 0) is 43.4 Å². The van der Waals surface area contributed by atoms with E-state index < -0.39 is 11.9 Å². The number of benzene rings is 1. The lowest BCUT2D eigenvalue weighted by molar-refractivity contribution is 0.0680. The molecule has 1 aliphatic heterocycles. The van der Waals surface area contributed by atoms with Crippen molar-refractivity contribution >= 4 is 11.9 Å². The number of piperidine rings is 1. The van der Waals surface area contributed by atoms with Crippen molar-refractivity contribution in [3.8, 4) is 0 Å². The van der Waals surface area contributed by atoms with Crippen molar-refractivity contribution in [3.63, 3.8) is 0 Å². The molecule has 1 aromatic heterocycles. The highest BCUT2D eigenvalue weighted by Crippen LogP contribution is 2.31. The SMILES string of the molecule is Cc1cc(C(=O)N2CCC(c3ccccc3C(=O)O)CC2)cnc1F. The molecule has 3 rings (SSSR count). The normalized spacial score (nSPS) is 15.2. The van der Waals surface area contributed by atoms with Crippen LogP contribution in [0.3, 0.4) is 0 Å². The molecular formula is C19H19FN2O3. The van der Waals surface area contributed by atoms with Gasteiger partial charge in [-0.3, -0.25) is 4.79 Å². The maximum Gasteiger partial charge on any atom is 0.335 e. The number of hydrogen-bond acceptors (Lipinski definition) is 3. The van der Waals surface area contributed by atoms with E-state index in [4.69, 9.17) is 0 Å². The van der Waals surface area contributed by atoms with Crippen molar-refractivity contribution in [2.45, 2.75) is 25.7 Å². The quantitative estimate of drug-likeness (QED) is 0.869. The topological polar surface area (TPSA) is 70.5 Å². The summed E-state index contributed by atoms with van der Waals surface area (Å²) in [6.45, 7) is 2.65. The van der Waals surface area contributed by atoms with Gasteiger partial charge in [0.25, 0.3) is 5.91 Å². The molecule has 2 aromatic rings. The summed E-state index contributed by atoms with van der Waals surface area (Å²) in [5.74, 6) is -1.55. The molecule has 25 heavy (non-hydrogen) atoms. The molecule has 0 radical (unpaired) electrons. The smallest absolute Gasteiger partial charge is 0.335 e. The van der Waals surface area contributed by atoms with Crippen molar-refractivity contribution in [1.82, 2.24) is 9.88 Å². The molecule has 0 unspecified atom stereocenters. The molecule has 5 nitrogen and oxygen atoms in total. The van der Waals surface area contributed by atoms with Gasteiger partial charge in [0.15, 0.2) is 0 Å². The number of amides is 1. The van der Waals surface area contributed by atoms with Gasteiger partial charge >= 0.3 is 5.97 Å². The Morgan fingerprint density at radius 2 is 1.92 bits per heavy atom. The second kappa shape index (κ2) is 7.01. The van der Waals surface area contributed by atoms with Gasteiger partial charge in [-0.15, -0.1) is 0 Å². The molecule has 1 amide bonds. The molecular weight excluding hydrogens is 323 g/mol. The Morgan fingerprint density at radius 1 is 1.24 bits per heavy atom. The number of pyridine rings is 1. The predicted octanol–water partition coefficient (Wildman–Crippen LogP) is 3.25. The Hall–Kier alpha value is -2.76. The van der Waals surface area contributed by atoms with E-state index in [9.17, 15) is 19.1 Å². The van der Waals surface area contributed by atoms with E-state index in [0.29, 0.717) is 42.6 Å². The molecule has 1 N–H and O–H groups in total. The van der Waals surface area contributed by atoms with Crippen LogP contribution in [0.2, 0.25) is 0 Å². The number of carbonyl (C=O) groups is 2. The fourth-order valence-corrected chi connectivity index (χ4v) is 3.30. The van der Waals surface area contributed by atoms with Gasteiger partial charge in [-0.25, -0.2) is 9.78 Å². The Kier molecular flexibility index (Phi) is 4.79. The number of rotatable bonds is 3. The fraction of sp³-hybridized carbons (Fsp3) is 0.316. The summed E-state index contributed by atoms with van der Waals surface area (Å²) in [6.07, 6.45) is 2.66. The van der Waals surface area contributed by atoms with Gasteiger partial charge in [0.05, 0.1) is 11.1 Å². The highest BCUT2D eigenvalue weighted by Gasteiger charge is 2.27. The zero-order valence-corrected chi connectivity index (χ0v) is 13.9. The number of carboxylic acids is 1. The van der Waals surface area contributed by atoms with Crippen LogP contribution in [0, 0.1) is 12.9 Å². The fourth-order valence-electron chi connectivity index (χ4n) is 3.30. The number of aryl methyl sites for hydroxylation is 1. The Labute approximate surface area is 145 Å².